The standard InChI is InChI=1S/C8H21N3O4S2.ClH/c1-4-16(12,13)10-5-6-17(14,15)11(3)8(2)7-9;/h8,10H,4-7,9H2,1-3H3;1H. The van der Waals surface area contributed by atoms with Crippen LogP contribution in [-0.4, -0.2) is 58.8 Å². The zero-order valence-electron chi connectivity index (χ0n) is 10.8. The van der Waals surface area contributed by atoms with E-state index < -0.39 is 20.0 Å². The molecule has 0 fully saturated rings. The Labute approximate surface area is 116 Å². The number of hydrogen-bond donors (Lipinski definition) is 2. The van der Waals surface area contributed by atoms with Crippen molar-refractivity contribution < 1.29 is 16.8 Å². The summed E-state index contributed by atoms with van der Waals surface area (Å²) in [7, 11) is -5.40. The summed E-state index contributed by atoms with van der Waals surface area (Å²) in [6.45, 7) is 3.27. The van der Waals surface area contributed by atoms with Crippen LogP contribution in [0.25, 0.3) is 0 Å². The fourth-order valence-corrected chi connectivity index (χ4v) is 3.02. The minimum atomic E-state index is -3.48. The Morgan fingerprint density at radius 1 is 1.28 bits per heavy atom. The summed E-state index contributed by atoms with van der Waals surface area (Å²) in [4.78, 5) is 0. The van der Waals surface area contributed by atoms with Crippen molar-refractivity contribution in [1.82, 2.24) is 9.03 Å². The number of likely N-dealkylation sites (N-methyl/N-ethyl adjacent to an activating group) is 1. The highest BCUT2D eigenvalue weighted by molar-refractivity contribution is 7.90. The predicted molar refractivity (Wildman–Crippen MR) is 74.8 cm³/mol. The van der Waals surface area contributed by atoms with Gasteiger partial charge in [-0.15, -0.1) is 12.4 Å². The maximum Gasteiger partial charge on any atom is 0.215 e. The molecule has 0 amide bonds. The van der Waals surface area contributed by atoms with Crippen molar-refractivity contribution in [2.75, 3.05) is 31.6 Å². The van der Waals surface area contributed by atoms with Crippen molar-refractivity contribution >= 4 is 32.5 Å². The lowest BCUT2D eigenvalue weighted by Crippen LogP contribution is -2.43. The Morgan fingerprint density at radius 2 is 1.78 bits per heavy atom. The second kappa shape index (κ2) is 8.28. The highest BCUT2D eigenvalue weighted by Crippen LogP contribution is 2.03. The predicted octanol–water partition coefficient (Wildman–Crippen LogP) is -1.04. The number of nitrogens with one attached hydrogen (secondary N) is 1. The zero-order valence-corrected chi connectivity index (χ0v) is 13.2. The Morgan fingerprint density at radius 3 is 2.17 bits per heavy atom. The second-order valence-corrected chi connectivity index (χ2v) is 7.96. The van der Waals surface area contributed by atoms with Crippen LogP contribution < -0.4 is 10.5 Å². The van der Waals surface area contributed by atoms with Gasteiger partial charge < -0.3 is 5.73 Å². The van der Waals surface area contributed by atoms with Crippen LogP contribution in [-0.2, 0) is 20.0 Å². The lowest BCUT2D eigenvalue weighted by atomic mass is 10.4. The van der Waals surface area contributed by atoms with Crippen LogP contribution in [0.5, 0.6) is 0 Å². The fraction of sp³-hybridized carbons (Fsp3) is 1.00. The van der Waals surface area contributed by atoms with E-state index in [1.165, 1.54) is 14.0 Å². The molecular weight excluding hydrogens is 302 g/mol. The van der Waals surface area contributed by atoms with E-state index in [0.717, 1.165) is 4.31 Å². The van der Waals surface area contributed by atoms with Crippen molar-refractivity contribution in [3.8, 4) is 0 Å². The highest BCUT2D eigenvalue weighted by atomic mass is 35.5. The lowest BCUT2D eigenvalue weighted by molar-refractivity contribution is 0.394. The summed E-state index contributed by atoms with van der Waals surface area (Å²) in [6.07, 6.45) is 0. The highest BCUT2D eigenvalue weighted by Gasteiger charge is 2.22. The van der Waals surface area contributed by atoms with Gasteiger partial charge in [0, 0.05) is 26.2 Å². The molecule has 0 saturated heterocycles. The molecule has 1 atom stereocenters. The summed E-state index contributed by atoms with van der Waals surface area (Å²) < 4.78 is 49.1. The number of hydrogen-bond acceptors (Lipinski definition) is 5. The Hall–Kier alpha value is 0.0700. The van der Waals surface area contributed by atoms with Gasteiger partial charge in [0.2, 0.25) is 20.0 Å². The van der Waals surface area contributed by atoms with Gasteiger partial charge in [-0.25, -0.2) is 25.9 Å². The Kier molecular flexibility index (Phi) is 9.38. The normalized spacial score (nSPS) is 14.3. The van der Waals surface area contributed by atoms with Crippen molar-refractivity contribution in [2.24, 2.45) is 5.73 Å². The van der Waals surface area contributed by atoms with Crippen molar-refractivity contribution in [2.45, 2.75) is 19.9 Å². The second-order valence-electron chi connectivity index (χ2n) is 3.71. The maximum atomic E-state index is 11.7. The van der Waals surface area contributed by atoms with Gasteiger partial charge in [-0.1, -0.05) is 0 Å². The molecule has 0 saturated carbocycles. The van der Waals surface area contributed by atoms with E-state index in [1.807, 2.05) is 0 Å². The first-order valence-electron chi connectivity index (χ1n) is 5.29. The first-order chi connectivity index (χ1) is 7.66. The van der Waals surface area contributed by atoms with Crippen LogP contribution in [0.15, 0.2) is 0 Å². The van der Waals surface area contributed by atoms with E-state index in [9.17, 15) is 16.8 Å². The Bertz CT molecular complexity index is 424. The van der Waals surface area contributed by atoms with Gasteiger partial charge in [-0.3, -0.25) is 0 Å². The van der Waals surface area contributed by atoms with E-state index in [4.69, 9.17) is 5.73 Å². The van der Waals surface area contributed by atoms with E-state index >= 15 is 0 Å². The maximum absolute atomic E-state index is 11.7. The Balaban J connectivity index is 0. The molecule has 112 valence electrons. The summed E-state index contributed by atoms with van der Waals surface area (Å²) in [5, 5.41) is 0. The summed E-state index contributed by atoms with van der Waals surface area (Å²) >= 11 is 0. The topological polar surface area (TPSA) is 110 Å². The third-order valence-electron chi connectivity index (χ3n) is 2.46. The molecule has 10 heteroatoms. The number of nitrogens with two attached hydrogens (primary N) is 1. The fourth-order valence-electron chi connectivity index (χ4n) is 0.995. The third-order valence-corrected chi connectivity index (χ3v) is 5.82. The van der Waals surface area contributed by atoms with Crippen LogP contribution in [0.2, 0.25) is 0 Å². The molecule has 0 aromatic carbocycles. The summed E-state index contributed by atoms with van der Waals surface area (Å²) in [5.41, 5.74) is 5.37. The molecule has 0 radical (unpaired) electrons. The molecule has 0 aromatic heterocycles. The van der Waals surface area contributed by atoms with Crippen molar-refractivity contribution in [1.29, 1.82) is 0 Å². The van der Waals surface area contributed by atoms with E-state index in [0.29, 0.717) is 0 Å². The molecule has 0 bridgehead atoms. The summed E-state index contributed by atoms with van der Waals surface area (Å²) in [5.74, 6) is -0.338. The van der Waals surface area contributed by atoms with E-state index in [2.05, 4.69) is 4.72 Å². The molecule has 0 heterocycles. The molecule has 0 spiro atoms. The van der Waals surface area contributed by atoms with Gasteiger partial charge in [-0.05, 0) is 13.8 Å². The van der Waals surface area contributed by atoms with Gasteiger partial charge in [0.15, 0.2) is 0 Å². The molecule has 1 unspecified atom stereocenters. The molecule has 0 aliphatic heterocycles. The van der Waals surface area contributed by atoms with Gasteiger partial charge >= 0.3 is 0 Å². The smallest absolute Gasteiger partial charge is 0.215 e. The molecule has 3 N–H and O–H groups in total. The van der Waals surface area contributed by atoms with Gasteiger partial charge in [-0.2, -0.15) is 0 Å². The van der Waals surface area contributed by atoms with Gasteiger partial charge in [0.25, 0.3) is 0 Å². The van der Waals surface area contributed by atoms with E-state index in [1.54, 1.807) is 6.92 Å². The van der Waals surface area contributed by atoms with Crippen LogP contribution >= 0.6 is 12.4 Å². The monoisotopic (exact) mass is 323 g/mol. The number of rotatable bonds is 8. The number of nitrogens with zero attached hydrogens (tertiary/aromatic N) is 1. The van der Waals surface area contributed by atoms with Gasteiger partial charge in [0.05, 0.1) is 11.5 Å². The molecule has 18 heavy (non-hydrogen) atoms. The largest absolute Gasteiger partial charge is 0.329 e. The van der Waals surface area contributed by atoms with Crippen LogP contribution in [0.4, 0.5) is 0 Å². The average Bonchev–Trinajstić information content (AvgIpc) is 2.26. The molecule has 0 aliphatic rings. The lowest BCUT2D eigenvalue weighted by Gasteiger charge is -2.22. The van der Waals surface area contributed by atoms with Crippen molar-refractivity contribution in [3.05, 3.63) is 0 Å². The SMILES string of the molecule is CCS(=O)(=O)NCCS(=O)(=O)N(C)C(C)CN.Cl. The first kappa shape index (κ1) is 20.4. The van der Waals surface area contributed by atoms with E-state index in [-0.39, 0.29) is 43.0 Å². The molecule has 7 nitrogen and oxygen atoms in total. The minimum Gasteiger partial charge on any atom is -0.329 e. The quantitative estimate of drug-likeness (QED) is 0.592. The molecular formula is C8H22ClN3O4S2. The van der Waals surface area contributed by atoms with Crippen LogP contribution in [0.3, 0.4) is 0 Å². The number of halogens is 1. The molecule has 0 rings (SSSR count). The summed E-state index contributed by atoms with van der Waals surface area (Å²) in [6, 6.07) is -0.303. The minimum absolute atomic E-state index is 0. The zero-order chi connectivity index (χ0) is 13.7. The average molecular weight is 324 g/mol. The number of sulfonamides is 2. The van der Waals surface area contributed by atoms with Crippen LogP contribution in [0.1, 0.15) is 13.8 Å². The molecule has 0 aromatic rings. The third kappa shape index (κ3) is 6.86. The van der Waals surface area contributed by atoms with Gasteiger partial charge in [0.1, 0.15) is 0 Å². The van der Waals surface area contributed by atoms with Crippen LogP contribution in [0, 0.1) is 0 Å². The van der Waals surface area contributed by atoms with Crippen molar-refractivity contribution in [3.63, 3.8) is 0 Å². The first-order valence-corrected chi connectivity index (χ1v) is 8.55. The molecule has 0 aliphatic carbocycles.